The van der Waals surface area contributed by atoms with Crippen molar-refractivity contribution in [2.24, 2.45) is 0 Å². The lowest BCUT2D eigenvalue weighted by atomic mass is 10.1. The van der Waals surface area contributed by atoms with Gasteiger partial charge in [0.25, 0.3) is 5.91 Å². The standard InChI is InChI=1S/C21H23N3O2/c1-14(2)20-22-10-11-24(20)13-16-7-5-8-17(12-16)23-21(26)18-9-4-6-15(3)19(18)25/h4-12,14,25H,13H2,1-3H3,(H,23,26). The van der Waals surface area contributed by atoms with Crippen LogP contribution >= 0.6 is 0 Å². The molecule has 3 aromatic rings. The predicted molar refractivity (Wildman–Crippen MR) is 103 cm³/mol. The van der Waals surface area contributed by atoms with Crippen LogP contribution in [-0.4, -0.2) is 20.6 Å². The van der Waals surface area contributed by atoms with Gasteiger partial charge in [0.15, 0.2) is 0 Å². The van der Waals surface area contributed by atoms with Gasteiger partial charge in [-0.3, -0.25) is 4.79 Å². The Morgan fingerprint density at radius 2 is 2.00 bits per heavy atom. The van der Waals surface area contributed by atoms with Gasteiger partial charge in [0.05, 0.1) is 5.56 Å². The zero-order chi connectivity index (χ0) is 18.7. The summed E-state index contributed by atoms with van der Waals surface area (Å²) in [6.07, 6.45) is 3.77. The van der Waals surface area contributed by atoms with E-state index in [0.717, 1.165) is 11.4 Å². The second-order valence-electron chi connectivity index (χ2n) is 6.69. The van der Waals surface area contributed by atoms with Crippen LogP contribution in [0.3, 0.4) is 0 Å². The molecule has 1 aromatic heterocycles. The number of aryl methyl sites for hydroxylation is 1. The van der Waals surface area contributed by atoms with Crippen LogP contribution < -0.4 is 5.32 Å². The van der Waals surface area contributed by atoms with E-state index in [1.165, 1.54) is 0 Å². The van der Waals surface area contributed by atoms with Gasteiger partial charge < -0.3 is 15.0 Å². The number of nitrogens with zero attached hydrogens (tertiary/aromatic N) is 2. The smallest absolute Gasteiger partial charge is 0.259 e. The van der Waals surface area contributed by atoms with Crippen molar-refractivity contribution in [1.29, 1.82) is 0 Å². The Kier molecular flexibility index (Phi) is 5.07. The Bertz CT molecular complexity index is 929. The first-order valence-corrected chi connectivity index (χ1v) is 8.65. The van der Waals surface area contributed by atoms with Gasteiger partial charge in [0.2, 0.25) is 0 Å². The van der Waals surface area contributed by atoms with Gasteiger partial charge in [-0.25, -0.2) is 4.98 Å². The Morgan fingerprint density at radius 3 is 2.77 bits per heavy atom. The molecule has 5 nitrogen and oxygen atoms in total. The number of nitrogens with one attached hydrogen (secondary N) is 1. The number of aromatic hydroxyl groups is 1. The summed E-state index contributed by atoms with van der Waals surface area (Å²) in [6, 6.07) is 12.8. The van der Waals surface area contributed by atoms with Crippen molar-refractivity contribution in [3.8, 4) is 5.75 Å². The molecule has 0 aliphatic rings. The maximum absolute atomic E-state index is 12.5. The van der Waals surface area contributed by atoms with Crippen LogP contribution in [0.4, 0.5) is 5.69 Å². The van der Waals surface area contributed by atoms with Gasteiger partial charge in [-0.2, -0.15) is 0 Å². The number of benzene rings is 2. The molecule has 0 unspecified atom stereocenters. The highest BCUT2D eigenvalue weighted by Crippen LogP contribution is 2.23. The Hall–Kier alpha value is -3.08. The molecule has 3 rings (SSSR count). The number of anilines is 1. The third-order valence-corrected chi connectivity index (χ3v) is 4.28. The van der Waals surface area contributed by atoms with E-state index in [-0.39, 0.29) is 17.2 Å². The summed E-state index contributed by atoms with van der Waals surface area (Å²) in [5, 5.41) is 12.9. The van der Waals surface area contributed by atoms with Crippen LogP contribution in [0.1, 0.15) is 47.1 Å². The van der Waals surface area contributed by atoms with Crippen molar-refractivity contribution in [1.82, 2.24) is 9.55 Å². The molecule has 1 amide bonds. The number of amides is 1. The quantitative estimate of drug-likeness (QED) is 0.721. The summed E-state index contributed by atoms with van der Waals surface area (Å²) >= 11 is 0. The highest BCUT2D eigenvalue weighted by Gasteiger charge is 2.13. The van der Waals surface area contributed by atoms with Gasteiger partial charge in [-0.15, -0.1) is 0 Å². The molecule has 26 heavy (non-hydrogen) atoms. The van der Waals surface area contributed by atoms with Crippen molar-refractivity contribution in [3.63, 3.8) is 0 Å². The monoisotopic (exact) mass is 349 g/mol. The topological polar surface area (TPSA) is 67.2 Å². The van der Waals surface area contributed by atoms with Crippen molar-refractivity contribution in [3.05, 3.63) is 77.4 Å². The molecule has 0 aliphatic carbocycles. The number of phenols is 1. The summed E-state index contributed by atoms with van der Waals surface area (Å²) in [5.41, 5.74) is 2.70. The lowest BCUT2D eigenvalue weighted by Crippen LogP contribution is -2.13. The molecule has 0 saturated heterocycles. The number of para-hydroxylation sites is 1. The SMILES string of the molecule is Cc1cccc(C(=O)Nc2cccc(Cn3ccnc3C(C)C)c2)c1O. The molecule has 0 saturated carbocycles. The van der Waals surface area contributed by atoms with Crippen LogP contribution in [0.25, 0.3) is 0 Å². The number of phenolic OH excluding ortho intramolecular Hbond substituents is 1. The summed E-state index contributed by atoms with van der Waals surface area (Å²) < 4.78 is 2.11. The molecule has 0 aliphatic heterocycles. The van der Waals surface area contributed by atoms with Gasteiger partial charge in [-0.05, 0) is 36.2 Å². The second-order valence-corrected chi connectivity index (χ2v) is 6.69. The maximum Gasteiger partial charge on any atom is 0.259 e. The molecule has 134 valence electrons. The maximum atomic E-state index is 12.5. The van der Waals surface area contributed by atoms with Gasteiger partial charge >= 0.3 is 0 Å². The average molecular weight is 349 g/mol. The highest BCUT2D eigenvalue weighted by atomic mass is 16.3. The number of hydrogen-bond acceptors (Lipinski definition) is 3. The lowest BCUT2D eigenvalue weighted by Gasteiger charge is -2.12. The minimum Gasteiger partial charge on any atom is -0.507 e. The summed E-state index contributed by atoms with van der Waals surface area (Å²) in [7, 11) is 0. The van der Waals surface area contributed by atoms with Crippen LogP contribution in [0.15, 0.2) is 54.9 Å². The van der Waals surface area contributed by atoms with Crippen molar-refractivity contribution < 1.29 is 9.90 Å². The third-order valence-electron chi connectivity index (χ3n) is 4.28. The molecule has 0 atom stereocenters. The second kappa shape index (κ2) is 7.44. The van der Waals surface area contributed by atoms with Crippen molar-refractivity contribution >= 4 is 11.6 Å². The van der Waals surface area contributed by atoms with E-state index in [0.29, 0.717) is 23.7 Å². The van der Waals surface area contributed by atoms with E-state index in [4.69, 9.17) is 0 Å². The van der Waals surface area contributed by atoms with E-state index in [9.17, 15) is 9.90 Å². The fourth-order valence-electron chi connectivity index (χ4n) is 2.94. The number of imidazole rings is 1. The molecule has 0 radical (unpaired) electrons. The molecule has 5 heteroatoms. The Labute approximate surface area is 153 Å². The number of aromatic nitrogens is 2. The van der Waals surface area contributed by atoms with E-state index in [1.54, 1.807) is 25.1 Å². The zero-order valence-electron chi connectivity index (χ0n) is 15.2. The average Bonchev–Trinajstić information content (AvgIpc) is 3.06. The number of carbonyl (C=O) groups is 1. The summed E-state index contributed by atoms with van der Waals surface area (Å²) in [5.74, 6) is 1.07. The molecule has 1 heterocycles. The van der Waals surface area contributed by atoms with Gasteiger partial charge in [0.1, 0.15) is 11.6 Å². The number of hydrogen-bond donors (Lipinski definition) is 2. The van der Waals surface area contributed by atoms with Gasteiger partial charge in [0, 0.05) is 30.5 Å². The highest BCUT2D eigenvalue weighted by molar-refractivity contribution is 6.06. The van der Waals surface area contributed by atoms with Crippen molar-refractivity contribution in [2.45, 2.75) is 33.2 Å². The van der Waals surface area contributed by atoms with E-state index in [2.05, 4.69) is 28.7 Å². The van der Waals surface area contributed by atoms with Gasteiger partial charge in [-0.1, -0.05) is 38.1 Å². The fourth-order valence-corrected chi connectivity index (χ4v) is 2.94. The molecule has 2 N–H and O–H groups in total. The summed E-state index contributed by atoms with van der Waals surface area (Å²) in [6.45, 7) is 6.69. The van der Waals surface area contributed by atoms with E-state index < -0.39 is 0 Å². The molecular formula is C21H23N3O2. The van der Waals surface area contributed by atoms with Crippen molar-refractivity contribution in [2.75, 3.05) is 5.32 Å². The molecule has 0 fully saturated rings. The van der Waals surface area contributed by atoms with E-state index >= 15 is 0 Å². The van der Waals surface area contributed by atoms with Crippen LogP contribution in [0.5, 0.6) is 5.75 Å². The Balaban J connectivity index is 1.78. The Morgan fingerprint density at radius 1 is 1.23 bits per heavy atom. The molecule has 0 bridgehead atoms. The lowest BCUT2D eigenvalue weighted by molar-refractivity contribution is 0.102. The van der Waals surface area contributed by atoms with Crippen LogP contribution in [0, 0.1) is 6.92 Å². The zero-order valence-corrected chi connectivity index (χ0v) is 15.2. The molecule has 0 spiro atoms. The molecular weight excluding hydrogens is 326 g/mol. The predicted octanol–water partition coefficient (Wildman–Crippen LogP) is 4.32. The number of carbonyl (C=O) groups excluding carboxylic acids is 1. The fraction of sp³-hybridized carbons (Fsp3) is 0.238. The number of rotatable bonds is 5. The normalized spacial score (nSPS) is 10.9. The first kappa shape index (κ1) is 17.7. The first-order valence-electron chi connectivity index (χ1n) is 8.65. The first-order chi connectivity index (χ1) is 12.5. The minimum absolute atomic E-state index is 0.0149. The molecule has 2 aromatic carbocycles. The third kappa shape index (κ3) is 3.77. The van der Waals surface area contributed by atoms with Crippen LogP contribution in [0.2, 0.25) is 0 Å². The van der Waals surface area contributed by atoms with E-state index in [1.807, 2.05) is 36.7 Å². The minimum atomic E-state index is -0.325. The van der Waals surface area contributed by atoms with Crippen LogP contribution in [-0.2, 0) is 6.54 Å². The largest absolute Gasteiger partial charge is 0.507 e. The summed E-state index contributed by atoms with van der Waals surface area (Å²) in [4.78, 5) is 16.9.